The van der Waals surface area contributed by atoms with Gasteiger partial charge in [-0.2, -0.15) is 5.10 Å². The van der Waals surface area contributed by atoms with Crippen molar-refractivity contribution in [3.8, 4) is 5.75 Å². The fourth-order valence-corrected chi connectivity index (χ4v) is 1.81. The molecule has 2 rings (SSSR count). The molecule has 1 aromatic carbocycles. The average molecular weight is 260 g/mol. The summed E-state index contributed by atoms with van der Waals surface area (Å²) in [6.07, 6.45) is 0. The highest BCUT2D eigenvalue weighted by Crippen LogP contribution is 2.16. The van der Waals surface area contributed by atoms with Crippen molar-refractivity contribution in [2.45, 2.75) is 20.5 Å². The Morgan fingerprint density at radius 1 is 1.47 bits per heavy atom. The second kappa shape index (κ2) is 5.53. The maximum atomic E-state index is 11.6. The largest absolute Gasteiger partial charge is 0.487 e. The standard InChI is InChI=1S/C13H16N4O2/c1-8-4-3-5-10(6-8)19-7-11-12(13(18)15-14)9(2)16-17-11/h3-6H,7,14H2,1-2H3,(H,15,18)(H,16,17). The quantitative estimate of drug-likeness (QED) is 0.437. The highest BCUT2D eigenvalue weighted by atomic mass is 16.5. The fraction of sp³-hybridized carbons (Fsp3) is 0.231. The normalized spacial score (nSPS) is 10.3. The number of carbonyl (C=O) groups excluding carboxylic acids is 1. The number of benzene rings is 1. The molecular weight excluding hydrogens is 244 g/mol. The van der Waals surface area contributed by atoms with E-state index in [1.807, 2.05) is 31.2 Å². The predicted octanol–water partition coefficient (Wildman–Crippen LogP) is 1.21. The Bertz CT molecular complexity index is 592. The number of hydrogen-bond acceptors (Lipinski definition) is 4. The Morgan fingerprint density at radius 2 is 2.26 bits per heavy atom. The van der Waals surface area contributed by atoms with Gasteiger partial charge in [0.2, 0.25) is 0 Å². The maximum absolute atomic E-state index is 11.6. The van der Waals surface area contributed by atoms with Crippen molar-refractivity contribution in [3.63, 3.8) is 0 Å². The van der Waals surface area contributed by atoms with Gasteiger partial charge in [0.15, 0.2) is 0 Å². The van der Waals surface area contributed by atoms with Crippen LogP contribution in [-0.4, -0.2) is 16.1 Å². The van der Waals surface area contributed by atoms with Gasteiger partial charge in [-0.1, -0.05) is 12.1 Å². The maximum Gasteiger partial charge on any atom is 0.269 e. The smallest absolute Gasteiger partial charge is 0.269 e. The molecule has 0 saturated heterocycles. The molecule has 0 saturated carbocycles. The zero-order valence-electron chi connectivity index (χ0n) is 10.9. The van der Waals surface area contributed by atoms with E-state index in [0.717, 1.165) is 11.3 Å². The van der Waals surface area contributed by atoms with Crippen LogP contribution in [0.4, 0.5) is 0 Å². The lowest BCUT2D eigenvalue weighted by Gasteiger charge is -2.06. The van der Waals surface area contributed by atoms with Gasteiger partial charge >= 0.3 is 0 Å². The highest BCUT2D eigenvalue weighted by Gasteiger charge is 2.17. The van der Waals surface area contributed by atoms with Crippen LogP contribution in [0.15, 0.2) is 24.3 Å². The van der Waals surface area contributed by atoms with Gasteiger partial charge in [-0.15, -0.1) is 0 Å². The zero-order chi connectivity index (χ0) is 13.8. The van der Waals surface area contributed by atoms with Crippen molar-refractivity contribution in [2.24, 2.45) is 5.84 Å². The highest BCUT2D eigenvalue weighted by molar-refractivity contribution is 5.95. The third-order valence-corrected chi connectivity index (χ3v) is 2.75. The van der Waals surface area contributed by atoms with E-state index in [2.05, 4.69) is 15.6 Å². The zero-order valence-corrected chi connectivity index (χ0v) is 10.9. The van der Waals surface area contributed by atoms with Gasteiger partial charge in [-0.3, -0.25) is 15.3 Å². The third kappa shape index (κ3) is 2.92. The van der Waals surface area contributed by atoms with Crippen molar-refractivity contribution in [1.82, 2.24) is 15.6 Å². The SMILES string of the molecule is Cc1cccc(OCc2n[nH]c(C)c2C(=O)NN)c1. The topological polar surface area (TPSA) is 93.0 Å². The predicted molar refractivity (Wildman–Crippen MR) is 70.5 cm³/mol. The third-order valence-electron chi connectivity index (χ3n) is 2.75. The summed E-state index contributed by atoms with van der Waals surface area (Å²) in [5.41, 5.74) is 4.82. The molecule has 0 aliphatic rings. The number of hydrazine groups is 1. The van der Waals surface area contributed by atoms with Gasteiger partial charge in [-0.25, -0.2) is 5.84 Å². The van der Waals surface area contributed by atoms with Gasteiger partial charge in [0, 0.05) is 5.69 Å². The number of nitrogens with zero attached hydrogens (tertiary/aromatic N) is 1. The van der Waals surface area contributed by atoms with E-state index in [9.17, 15) is 4.79 Å². The number of H-pyrrole nitrogens is 1. The summed E-state index contributed by atoms with van der Waals surface area (Å²) in [5.74, 6) is 5.50. The van der Waals surface area contributed by atoms with Crippen LogP contribution >= 0.6 is 0 Å². The summed E-state index contributed by atoms with van der Waals surface area (Å²) < 4.78 is 5.62. The molecule has 0 bridgehead atoms. The number of hydrogen-bond donors (Lipinski definition) is 3. The van der Waals surface area contributed by atoms with Crippen LogP contribution in [0.25, 0.3) is 0 Å². The first-order valence-electron chi connectivity index (χ1n) is 5.86. The van der Waals surface area contributed by atoms with Crippen LogP contribution < -0.4 is 16.0 Å². The Kier molecular flexibility index (Phi) is 3.82. The van der Waals surface area contributed by atoms with Crippen molar-refractivity contribution < 1.29 is 9.53 Å². The van der Waals surface area contributed by atoms with E-state index in [1.165, 1.54) is 0 Å². The number of amides is 1. The molecule has 6 nitrogen and oxygen atoms in total. The van der Waals surface area contributed by atoms with Crippen LogP contribution in [0.2, 0.25) is 0 Å². The minimum absolute atomic E-state index is 0.205. The number of nitrogen functional groups attached to an aromatic ring is 1. The van der Waals surface area contributed by atoms with Crippen LogP contribution in [0, 0.1) is 13.8 Å². The lowest BCUT2D eigenvalue weighted by molar-refractivity contribution is 0.0950. The number of nitrogens with one attached hydrogen (secondary N) is 2. The van der Waals surface area contributed by atoms with Crippen molar-refractivity contribution >= 4 is 5.91 Å². The molecule has 19 heavy (non-hydrogen) atoms. The van der Waals surface area contributed by atoms with Gasteiger partial charge in [-0.05, 0) is 31.5 Å². The molecule has 6 heteroatoms. The number of ether oxygens (including phenoxy) is 1. The Balaban J connectivity index is 2.14. The van der Waals surface area contributed by atoms with E-state index in [0.29, 0.717) is 17.0 Å². The van der Waals surface area contributed by atoms with E-state index in [4.69, 9.17) is 10.6 Å². The first kappa shape index (κ1) is 13.1. The van der Waals surface area contributed by atoms with Gasteiger partial charge in [0.05, 0.1) is 5.56 Å². The second-order valence-electron chi connectivity index (χ2n) is 4.25. The van der Waals surface area contributed by atoms with Gasteiger partial charge < -0.3 is 4.74 Å². The fourth-order valence-electron chi connectivity index (χ4n) is 1.81. The average Bonchev–Trinajstić information content (AvgIpc) is 2.77. The van der Waals surface area contributed by atoms with E-state index < -0.39 is 0 Å². The molecule has 1 aromatic heterocycles. The first-order valence-corrected chi connectivity index (χ1v) is 5.86. The lowest BCUT2D eigenvalue weighted by atomic mass is 10.2. The molecule has 0 aliphatic heterocycles. The molecule has 0 fully saturated rings. The summed E-state index contributed by atoms with van der Waals surface area (Å²) in [4.78, 5) is 11.6. The summed E-state index contributed by atoms with van der Waals surface area (Å²) in [6.45, 7) is 3.95. The molecule has 0 unspecified atom stereocenters. The van der Waals surface area contributed by atoms with Crippen molar-refractivity contribution in [2.75, 3.05) is 0 Å². The number of rotatable bonds is 4. The summed E-state index contributed by atoms with van der Waals surface area (Å²) in [6, 6.07) is 7.67. The summed E-state index contributed by atoms with van der Waals surface area (Å²) >= 11 is 0. The minimum atomic E-state index is -0.380. The number of aromatic amines is 1. The first-order chi connectivity index (χ1) is 9.11. The van der Waals surface area contributed by atoms with Crippen LogP contribution in [0.5, 0.6) is 5.75 Å². The van der Waals surface area contributed by atoms with Gasteiger partial charge in [0.1, 0.15) is 18.1 Å². The minimum Gasteiger partial charge on any atom is -0.487 e. The summed E-state index contributed by atoms with van der Waals surface area (Å²) in [5, 5.41) is 6.81. The summed E-state index contributed by atoms with van der Waals surface area (Å²) in [7, 11) is 0. The number of nitrogens with two attached hydrogens (primary N) is 1. The van der Waals surface area contributed by atoms with Crippen LogP contribution in [0.3, 0.4) is 0 Å². The second-order valence-corrected chi connectivity index (χ2v) is 4.25. The molecule has 1 heterocycles. The van der Waals surface area contributed by atoms with Gasteiger partial charge in [0.25, 0.3) is 5.91 Å². The molecule has 100 valence electrons. The molecule has 2 aromatic rings. The Hall–Kier alpha value is -2.34. The van der Waals surface area contributed by atoms with Crippen LogP contribution in [0.1, 0.15) is 27.3 Å². The molecule has 0 radical (unpaired) electrons. The Morgan fingerprint density at radius 3 is 2.95 bits per heavy atom. The number of aromatic nitrogens is 2. The van der Waals surface area contributed by atoms with E-state index in [-0.39, 0.29) is 12.5 Å². The van der Waals surface area contributed by atoms with E-state index in [1.54, 1.807) is 6.92 Å². The van der Waals surface area contributed by atoms with Crippen molar-refractivity contribution in [1.29, 1.82) is 0 Å². The number of carbonyl (C=O) groups is 1. The monoisotopic (exact) mass is 260 g/mol. The molecule has 0 atom stereocenters. The van der Waals surface area contributed by atoms with Crippen LogP contribution in [-0.2, 0) is 6.61 Å². The molecule has 1 amide bonds. The van der Waals surface area contributed by atoms with Crippen molar-refractivity contribution in [3.05, 3.63) is 46.8 Å². The molecule has 4 N–H and O–H groups in total. The number of aryl methyl sites for hydroxylation is 2. The lowest BCUT2D eigenvalue weighted by Crippen LogP contribution is -2.31. The van der Waals surface area contributed by atoms with E-state index >= 15 is 0 Å². The Labute approximate surface area is 110 Å². The molecular formula is C13H16N4O2. The molecule has 0 aliphatic carbocycles. The molecule has 0 spiro atoms.